The Labute approximate surface area is 72.2 Å². The van der Waals surface area contributed by atoms with E-state index in [1.54, 1.807) is 0 Å². The molecule has 11 heavy (non-hydrogen) atoms. The summed E-state index contributed by atoms with van der Waals surface area (Å²) in [4.78, 5) is 0. The van der Waals surface area contributed by atoms with E-state index in [1.807, 2.05) is 26.0 Å². The highest BCUT2D eigenvalue weighted by Gasteiger charge is 1.90. The van der Waals surface area contributed by atoms with Crippen molar-refractivity contribution in [1.29, 1.82) is 0 Å². The van der Waals surface area contributed by atoms with Crippen molar-refractivity contribution >= 4 is 11.6 Å². The van der Waals surface area contributed by atoms with Crippen LogP contribution in [-0.2, 0) is 0 Å². The van der Waals surface area contributed by atoms with Gasteiger partial charge >= 0.3 is 0 Å². The molecule has 1 aromatic carbocycles. The van der Waals surface area contributed by atoms with Gasteiger partial charge in [-0.15, -0.1) is 0 Å². The van der Waals surface area contributed by atoms with Crippen LogP contribution < -0.4 is 0 Å². The molecule has 0 N–H and O–H groups in total. The molecule has 0 radical (unpaired) electrons. The number of hydrogen-bond acceptors (Lipinski definition) is 0. The lowest BCUT2D eigenvalue weighted by Crippen LogP contribution is -1.80. The molecule has 0 amide bonds. The summed E-state index contributed by atoms with van der Waals surface area (Å²) >= 11 is 5.28. The van der Waals surface area contributed by atoms with Crippen LogP contribution in [0.3, 0.4) is 0 Å². The Bertz CT molecular complexity index is 295. The highest BCUT2D eigenvalue weighted by Crippen LogP contribution is 2.07. The normalized spacial score (nSPS) is 8.64. The molecule has 1 rings (SSSR count). The molecule has 0 bridgehead atoms. The molecule has 0 saturated heterocycles. The molecule has 56 valence electrons. The summed E-state index contributed by atoms with van der Waals surface area (Å²) in [6.45, 7) is 4.10. The van der Waals surface area contributed by atoms with Crippen LogP contribution >= 0.6 is 11.6 Å². The minimum Gasteiger partial charge on any atom is -0.0563 e. The van der Waals surface area contributed by atoms with Crippen molar-refractivity contribution in [2.75, 3.05) is 0 Å². The standard InChI is InChI=1S/C10H9Cl/c1-8-5-9(2)7-10(6-8)3-4-11/h5-7H,1-2H3. The second kappa shape index (κ2) is 3.46. The first-order chi connectivity index (χ1) is 5.22. The van der Waals surface area contributed by atoms with Gasteiger partial charge in [-0.25, -0.2) is 0 Å². The van der Waals surface area contributed by atoms with Crippen molar-refractivity contribution in [3.8, 4) is 11.3 Å². The van der Waals surface area contributed by atoms with E-state index >= 15 is 0 Å². The highest BCUT2D eigenvalue weighted by atomic mass is 35.5. The van der Waals surface area contributed by atoms with Gasteiger partial charge in [-0.1, -0.05) is 6.07 Å². The molecule has 1 aromatic rings. The van der Waals surface area contributed by atoms with Crippen LogP contribution in [0, 0.1) is 25.1 Å². The van der Waals surface area contributed by atoms with Crippen molar-refractivity contribution in [1.82, 2.24) is 0 Å². The summed E-state index contributed by atoms with van der Waals surface area (Å²) in [5, 5.41) is 2.36. The molecule has 0 aliphatic rings. The molecular formula is C10H9Cl. The number of halogens is 1. The van der Waals surface area contributed by atoms with Crippen molar-refractivity contribution < 1.29 is 0 Å². The monoisotopic (exact) mass is 164 g/mol. The van der Waals surface area contributed by atoms with Crippen molar-refractivity contribution in [2.45, 2.75) is 13.8 Å². The maximum atomic E-state index is 5.28. The third kappa shape index (κ3) is 2.29. The molecule has 0 spiro atoms. The smallest absolute Gasteiger partial charge is 0.0263 e. The number of benzene rings is 1. The van der Waals surface area contributed by atoms with E-state index < -0.39 is 0 Å². The molecule has 1 heteroatoms. The molecule has 0 unspecified atom stereocenters. The van der Waals surface area contributed by atoms with E-state index in [1.165, 1.54) is 11.1 Å². The lowest BCUT2D eigenvalue weighted by molar-refractivity contribution is 1.37. The van der Waals surface area contributed by atoms with Crippen LogP contribution in [0.4, 0.5) is 0 Å². The van der Waals surface area contributed by atoms with Crippen LogP contribution in [0.25, 0.3) is 0 Å². The molecular weight excluding hydrogens is 156 g/mol. The third-order valence-electron chi connectivity index (χ3n) is 1.41. The number of aryl methyl sites for hydroxylation is 2. The third-order valence-corrected chi connectivity index (χ3v) is 1.51. The maximum Gasteiger partial charge on any atom is 0.0263 e. The van der Waals surface area contributed by atoms with Gasteiger partial charge in [0, 0.05) is 10.9 Å². The van der Waals surface area contributed by atoms with Crippen LogP contribution in [-0.4, -0.2) is 0 Å². The zero-order valence-corrected chi connectivity index (χ0v) is 7.37. The van der Waals surface area contributed by atoms with Gasteiger partial charge in [0.2, 0.25) is 0 Å². The van der Waals surface area contributed by atoms with Gasteiger partial charge in [-0.2, -0.15) is 0 Å². The second-order valence-electron chi connectivity index (χ2n) is 2.60. The largest absolute Gasteiger partial charge is 0.0563 e. The average molecular weight is 165 g/mol. The van der Waals surface area contributed by atoms with Gasteiger partial charge in [0.25, 0.3) is 0 Å². The summed E-state index contributed by atoms with van der Waals surface area (Å²) in [6, 6.07) is 6.14. The second-order valence-corrected chi connectivity index (χ2v) is 2.78. The summed E-state index contributed by atoms with van der Waals surface area (Å²) in [7, 11) is 0. The van der Waals surface area contributed by atoms with E-state index in [9.17, 15) is 0 Å². The molecule has 0 fully saturated rings. The molecule has 0 saturated carbocycles. The number of hydrogen-bond donors (Lipinski definition) is 0. The molecule has 0 heterocycles. The van der Waals surface area contributed by atoms with E-state index in [2.05, 4.69) is 17.4 Å². The summed E-state index contributed by atoms with van der Waals surface area (Å²) in [5.41, 5.74) is 3.43. The topological polar surface area (TPSA) is 0 Å². The molecule has 0 aromatic heterocycles. The van der Waals surface area contributed by atoms with Gasteiger partial charge in [-0.05, 0) is 54.6 Å². The van der Waals surface area contributed by atoms with Crippen LogP contribution in [0.5, 0.6) is 0 Å². The van der Waals surface area contributed by atoms with Gasteiger partial charge in [-0.3, -0.25) is 0 Å². The zero-order chi connectivity index (χ0) is 8.27. The lowest BCUT2D eigenvalue weighted by atomic mass is 10.1. The first-order valence-corrected chi connectivity index (χ1v) is 3.80. The summed E-state index contributed by atoms with van der Waals surface area (Å²) in [6.07, 6.45) is 0. The average Bonchev–Trinajstić information content (AvgIpc) is 1.85. The fourth-order valence-corrected chi connectivity index (χ4v) is 1.21. The fraction of sp³-hybridized carbons (Fsp3) is 0.200. The Hall–Kier alpha value is -0.930. The van der Waals surface area contributed by atoms with E-state index in [0.29, 0.717) is 0 Å². The minimum atomic E-state index is 0.984. The van der Waals surface area contributed by atoms with E-state index in [0.717, 1.165) is 5.56 Å². The van der Waals surface area contributed by atoms with E-state index in [4.69, 9.17) is 11.6 Å². The van der Waals surface area contributed by atoms with Gasteiger partial charge in [0.1, 0.15) is 0 Å². The predicted molar refractivity (Wildman–Crippen MR) is 48.6 cm³/mol. The molecule has 0 atom stereocenters. The van der Waals surface area contributed by atoms with Crippen LogP contribution in [0.2, 0.25) is 0 Å². The summed E-state index contributed by atoms with van der Waals surface area (Å²) in [5.74, 6) is 2.80. The Kier molecular flexibility index (Phi) is 2.57. The minimum absolute atomic E-state index is 0.984. The van der Waals surface area contributed by atoms with Crippen LogP contribution in [0.15, 0.2) is 18.2 Å². The van der Waals surface area contributed by atoms with Crippen LogP contribution in [0.1, 0.15) is 16.7 Å². The molecule has 0 aliphatic heterocycles. The Morgan fingerprint density at radius 3 is 2.09 bits per heavy atom. The first-order valence-electron chi connectivity index (χ1n) is 3.42. The Balaban J connectivity index is 3.15. The van der Waals surface area contributed by atoms with Crippen molar-refractivity contribution in [2.24, 2.45) is 0 Å². The molecule has 0 aliphatic carbocycles. The summed E-state index contributed by atoms with van der Waals surface area (Å²) < 4.78 is 0. The maximum absolute atomic E-state index is 5.28. The predicted octanol–water partition coefficient (Wildman–Crippen LogP) is 2.85. The SMILES string of the molecule is Cc1cc(C)cc(C#CCl)c1. The fourth-order valence-electron chi connectivity index (χ4n) is 1.10. The number of rotatable bonds is 0. The van der Waals surface area contributed by atoms with E-state index in [-0.39, 0.29) is 0 Å². The lowest BCUT2D eigenvalue weighted by Gasteiger charge is -1.96. The van der Waals surface area contributed by atoms with Gasteiger partial charge in [0.15, 0.2) is 0 Å². The van der Waals surface area contributed by atoms with Gasteiger partial charge < -0.3 is 0 Å². The van der Waals surface area contributed by atoms with Gasteiger partial charge in [0.05, 0.1) is 0 Å². The quantitative estimate of drug-likeness (QED) is 0.518. The zero-order valence-electron chi connectivity index (χ0n) is 6.61. The Morgan fingerprint density at radius 2 is 1.64 bits per heavy atom. The molecule has 0 nitrogen and oxygen atoms in total. The highest BCUT2D eigenvalue weighted by molar-refractivity contribution is 6.30. The first kappa shape index (κ1) is 8.17. The van der Waals surface area contributed by atoms with Crippen molar-refractivity contribution in [3.63, 3.8) is 0 Å². The Morgan fingerprint density at radius 1 is 1.09 bits per heavy atom. The van der Waals surface area contributed by atoms with Crippen molar-refractivity contribution in [3.05, 3.63) is 34.9 Å².